The van der Waals surface area contributed by atoms with Crippen LogP contribution >= 0.6 is 0 Å². The molecule has 0 radical (unpaired) electrons. The SMILES string of the molecule is Cc1ccc(C(=O)NCC(c2cccnc2)N2CCc3ccccc3C2)cc1[N+](=O)[O-]. The zero-order valence-corrected chi connectivity index (χ0v) is 17.3. The van der Waals surface area contributed by atoms with Crippen molar-refractivity contribution in [3.05, 3.63) is 105 Å². The van der Waals surface area contributed by atoms with Gasteiger partial charge >= 0.3 is 0 Å². The minimum Gasteiger partial charge on any atom is -0.350 e. The predicted octanol–water partition coefficient (Wildman–Crippen LogP) is 3.83. The third-order valence-electron chi connectivity index (χ3n) is 5.79. The van der Waals surface area contributed by atoms with Gasteiger partial charge in [0.25, 0.3) is 11.6 Å². The van der Waals surface area contributed by atoms with Crippen molar-refractivity contribution in [1.29, 1.82) is 0 Å². The molecule has 2 heterocycles. The molecule has 4 rings (SSSR count). The number of fused-ring (bicyclic) bond motifs is 1. The molecular formula is C24H24N4O3. The van der Waals surface area contributed by atoms with Crippen LogP contribution in [-0.4, -0.2) is 33.8 Å². The quantitative estimate of drug-likeness (QED) is 0.487. The lowest BCUT2D eigenvalue weighted by molar-refractivity contribution is -0.385. The van der Waals surface area contributed by atoms with Crippen molar-refractivity contribution in [3.63, 3.8) is 0 Å². The zero-order valence-electron chi connectivity index (χ0n) is 17.3. The maximum atomic E-state index is 12.8. The van der Waals surface area contributed by atoms with Crippen LogP contribution in [-0.2, 0) is 13.0 Å². The number of carbonyl (C=O) groups is 1. The summed E-state index contributed by atoms with van der Waals surface area (Å²) in [4.78, 5) is 30.1. The van der Waals surface area contributed by atoms with Crippen molar-refractivity contribution in [1.82, 2.24) is 15.2 Å². The molecule has 0 saturated heterocycles. The molecule has 7 heteroatoms. The van der Waals surface area contributed by atoms with Crippen LogP contribution in [0.15, 0.2) is 67.0 Å². The lowest BCUT2D eigenvalue weighted by Gasteiger charge is -2.36. The van der Waals surface area contributed by atoms with E-state index in [1.54, 1.807) is 25.3 Å². The monoisotopic (exact) mass is 416 g/mol. The van der Waals surface area contributed by atoms with Gasteiger partial charge in [-0.15, -0.1) is 0 Å². The molecule has 1 unspecified atom stereocenters. The van der Waals surface area contributed by atoms with Crippen LogP contribution in [0.4, 0.5) is 5.69 Å². The van der Waals surface area contributed by atoms with E-state index >= 15 is 0 Å². The number of aromatic nitrogens is 1. The molecular weight excluding hydrogens is 392 g/mol. The molecule has 0 saturated carbocycles. The fraction of sp³-hybridized carbons (Fsp3) is 0.250. The van der Waals surface area contributed by atoms with E-state index in [-0.39, 0.29) is 23.2 Å². The summed E-state index contributed by atoms with van der Waals surface area (Å²) in [5.74, 6) is -0.325. The number of aryl methyl sites for hydroxylation is 1. The summed E-state index contributed by atoms with van der Waals surface area (Å²) in [5, 5.41) is 14.2. The first-order valence-electron chi connectivity index (χ1n) is 10.3. The second kappa shape index (κ2) is 9.06. The Morgan fingerprint density at radius 1 is 1.19 bits per heavy atom. The number of hydrogen-bond donors (Lipinski definition) is 1. The van der Waals surface area contributed by atoms with Gasteiger partial charge in [-0.2, -0.15) is 0 Å². The standard InChI is InChI=1S/C24H24N4O3/c1-17-8-9-19(13-22(17)28(30)31)24(29)26-15-23(20-7-4-11-25-14-20)27-12-10-18-5-2-3-6-21(18)16-27/h2-9,11,13-14,23H,10,12,15-16H2,1H3,(H,26,29). The number of benzene rings is 2. The normalized spacial score (nSPS) is 14.5. The summed E-state index contributed by atoms with van der Waals surface area (Å²) < 4.78 is 0. The van der Waals surface area contributed by atoms with E-state index < -0.39 is 4.92 Å². The first kappa shape index (κ1) is 20.7. The third kappa shape index (κ3) is 4.62. The molecule has 3 aromatic rings. The van der Waals surface area contributed by atoms with Gasteiger partial charge in [-0.1, -0.05) is 36.4 Å². The van der Waals surface area contributed by atoms with E-state index in [2.05, 4.69) is 33.4 Å². The van der Waals surface area contributed by atoms with Crippen LogP contribution in [0.25, 0.3) is 0 Å². The Labute approximate surface area is 180 Å². The highest BCUT2D eigenvalue weighted by Gasteiger charge is 2.26. The van der Waals surface area contributed by atoms with Crippen molar-refractivity contribution >= 4 is 11.6 Å². The number of hydrogen-bond acceptors (Lipinski definition) is 5. The Kier molecular flexibility index (Phi) is 6.04. The maximum Gasteiger partial charge on any atom is 0.273 e. The number of nitro groups is 1. The van der Waals surface area contributed by atoms with Crippen molar-refractivity contribution < 1.29 is 9.72 Å². The lowest BCUT2D eigenvalue weighted by Crippen LogP contribution is -2.40. The average Bonchev–Trinajstić information content (AvgIpc) is 2.80. The van der Waals surface area contributed by atoms with E-state index in [4.69, 9.17) is 0 Å². The molecule has 0 fully saturated rings. The van der Waals surface area contributed by atoms with Gasteiger partial charge in [-0.05, 0) is 42.2 Å². The van der Waals surface area contributed by atoms with Crippen LogP contribution in [0.2, 0.25) is 0 Å². The first-order valence-corrected chi connectivity index (χ1v) is 10.3. The molecule has 1 aliphatic rings. The number of amides is 1. The molecule has 1 amide bonds. The molecule has 1 N–H and O–H groups in total. The Morgan fingerprint density at radius 2 is 2.00 bits per heavy atom. The van der Waals surface area contributed by atoms with Crippen LogP contribution in [0.5, 0.6) is 0 Å². The van der Waals surface area contributed by atoms with Crippen LogP contribution in [0.1, 0.15) is 38.7 Å². The van der Waals surface area contributed by atoms with Crippen molar-refractivity contribution in [2.24, 2.45) is 0 Å². The highest BCUT2D eigenvalue weighted by molar-refractivity contribution is 5.95. The Morgan fingerprint density at radius 3 is 2.74 bits per heavy atom. The number of pyridine rings is 1. The van der Waals surface area contributed by atoms with E-state index in [1.165, 1.54) is 17.2 Å². The van der Waals surface area contributed by atoms with Gasteiger partial charge in [0.15, 0.2) is 0 Å². The smallest absolute Gasteiger partial charge is 0.273 e. The zero-order chi connectivity index (χ0) is 21.8. The summed E-state index contributed by atoms with van der Waals surface area (Å²) in [6.45, 7) is 3.71. The van der Waals surface area contributed by atoms with E-state index in [9.17, 15) is 14.9 Å². The Bertz CT molecular complexity index is 1100. The number of nitro benzene ring substituents is 1. The molecule has 2 aromatic carbocycles. The molecule has 31 heavy (non-hydrogen) atoms. The summed E-state index contributed by atoms with van der Waals surface area (Å²) in [6, 6.07) is 16.8. The summed E-state index contributed by atoms with van der Waals surface area (Å²) in [7, 11) is 0. The second-order valence-electron chi connectivity index (χ2n) is 7.76. The minimum atomic E-state index is -0.463. The van der Waals surface area contributed by atoms with E-state index in [1.807, 2.05) is 24.4 Å². The van der Waals surface area contributed by atoms with Gasteiger partial charge in [0, 0.05) is 49.2 Å². The van der Waals surface area contributed by atoms with E-state index in [0.717, 1.165) is 25.1 Å². The summed E-state index contributed by atoms with van der Waals surface area (Å²) in [5.41, 5.74) is 4.44. The average molecular weight is 416 g/mol. The van der Waals surface area contributed by atoms with Gasteiger partial charge in [0.05, 0.1) is 11.0 Å². The third-order valence-corrected chi connectivity index (χ3v) is 5.79. The van der Waals surface area contributed by atoms with Crippen molar-refractivity contribution in [2.75, 3.05) is 13.1 Å². The molecule has 1 aliphatic heterocycles. The number of nitrogens with one attached hydrogen (secondary N) is 1. The molecule has 1 atom stereocenters. The minimum absolute atomic E-state index is 0.0496. The van der Waals surface area contributed by atoms with Gasteiger partial charge in [-0.3, -0.25) is 24.8 Å². The lowest BCUT2D eigenvalue weighted by atomic mass is 9.97. The van der Waals surface area contributed by atoms with Crippen molar-refractivity contribution in [2.45, 2.75) is 25.9 Å². The van der Waals surface area contributed by atoms with Gasteiger partial charge in [-0.25, -0.2) is 0 Å². The fourth-order valence-electron chi connectivity index (χ4n) is 4.05. The molecule has 158 valence electrons. The molecule has 1 aromatic heterocycles. The Hall–Kier alpha value is -3.58. The van der Waals surface area contributed by atoms with Crippen LogP contribution in [0, 0.1) is 17.0 Å². The first-order chi connectivity index (χ1) is 15.0. The maximum absolute atomic E-state index is 12.8. The van der Waals surface area contributed by atoms with Gasteiger partial charge in [0.2, 0.25) is 0 Å². The summed E-state index contributed by atoms with van der Waals surface area (Å²) in [6.07, 6.45) is 4.51. The number of rotatable bonds is 6. The van der Waals surface area contributed by atoms with Crippen LogP contribution < -0.4 is 5.32 Å². The molecule has 0 bridgehead atoms. The molecule has 7 nitrogen and oxygen atoms in total. The topological polar surface area (TPSA) is 88.4 Å². The Balaban J connectivity index is 1.53. The number of nitrogens with zero attached hydrogens (tertiary/aromatic N) is 3. The van der Waals surface area contributed by atoms with Gasteiger partial charge < -0.3 is 5.32 Å². The highest BCUT2D eigenvalue weighted by atomic mass is 16.6. The summed E-state index contributed by atoms with van der Waals surface area (Å²) >= 11 is 0. The van der Waals surface area contributed by atoms with Gasteiger partial charge in [0.1, 0.15) is 0 Å². The van der Waals surface area contributed by atoms with Crippen LogP contribution in [0.3, 0.4) is 0 Å². The predicted molar refractivity (Wildman–Crippen MR) is 118 cm³/mol. The second-order valence-corrected chi connectivity index (χ2v) is 7.76. The highest BCUT2D eigenvalue weighted by Crippen LogP contribution is 2.27. The van der Waals surface area contributed by atoms with Crippen molar-refractivity contribution in [3.8, 4) is 0 Å². The fourth-order valence-corrected chi connectivity index (χ4v) is 4.05. The number of carbonyl (C=O) groups excluding carboxylic acids is 1. The largest absolute Gasteiger partial charge is 0.350 e. The molecule has 0 spiro atoms. The molecule has 0 aliphatic carbocycles. The van der Waals surface area contributed by atoms with E-state index in [0.29, 0.717) is 12.1 Å².